The third-order valence-corrected chi connectivity index (χ3v) is 6.18. The number of rotatable bonds is 8. The summed E-state index contributed by atoms with van der Waals surface area (Å²) in [6.07, 6.45) is 0. The number of hydrogen-bond donors (Lipinski definition) is 0. The van der Waals surface area contributed by atoms with Crippen molar-refractivity contribution in [2.75, 3.05) is 51.1 Å². The molecule has 1 amide bonds. The van der Waals surface area contributed by atoms with Crippen LogP contribution in [-0.4, -0.2) is 72.1 Å². The number of nitro groups is 1. The van der Waals surface area contributed by atoms with Gasteiger partial charge in [0.05, 0.1) is 24.9 Å². The van der Waals surface area contributed by atoms with E-state index in [9.17, 15) is 14.9 Å². The molecule has 1 fully saturated rings. The normalized spacial score (nSPS) is 13.6. The lowest BCUT2D eigenvalue weighted by Crippen LogP contribution is -2.49. The molecule has 34 heavy (non-hydrogen) atoms. The molecule has 2 heterocycles. The van der Waals surface area contributed by atoms with Crippen molar-refractivity contribution in [2.24, 2.45) is 0 Å². The predicted molar refractivity (Wildman–Crippen MR) is 125 cm³/mol. The van der Waals surface area contributed by atoms with E-state index in [0.29, 0.717) is 54.8 Å². The van der Waals surface area contributed by atoms with Gasteiger partial charge in [0, 0.05) is 43.9 Å². The number of piperazine rings is 1. The molecule has 2 aromatic carbocycles. The second-order valence-electron chi connectivity index (χ2n) is 7.38. The number of thioether (sulfide) groups is 1. The number of nitrogens with zero attached hydrogens (tertiary/aromatic N) is 5. The van der Waals surface area contributed by atoms with Gasteiger partial charge in [-0.2, -0.15) is 0 Å². The summed E-state index contributed by atoms with van der Waals surface area (Å²) < 4.78 is 16.2. The molecule has 4 rings (SSSR count). The van der Waals surface area contributed by atoms with E-state index in [1.54, 1.807) is 55.5 Å². The number of carbonyl (C=O) groups excluding carboxylic acids is 1. The number of benzene rings is 2. The standard InChI is InChI=1S/C22H23N5O6S/c1-31-16-11-15(12-17(13-16)32-2)21-23-24-22(33-21)34-14-20(28)26-9-7-25(8-10-26)18-5-3-4-6-19(18)27(29)30/h3-6,11-13H,7-10,14H2,1-2H3. The summed E-state index contributed by atoms with van der Waals surface area (Å²) in [7, 11) is 3.11. The molecule has 0 spiro atoms. The van der Waals surface area contributed by atoms with Crippen molar-refractivity contribution in [3.8, 4) is 23.0 Å². The lowest BCUT2D eigenvalue weighted by atomic mass is 10.2. The Morgan fingerprint density at radius 1 is 1.09 bits per heavy atom. The molecule has 12 heteroatoms. The van der Waals surface area contributed by atoms with Crippen molar-refractivity contribution < 1.29 is 23.6 Å². The summed E-state index contributed by atoms with van der Waals surface area (Å²) in [5.41, 5.74) is 1.29. The van der Waals surface area contributed by atoms with Crippen LogP contribution < -0.4 is 14.4 Å². The number of hydrogen-bond acceptors (Lipinski definition) is 10. The van der Waals surface area contributed by atoms with Crippen molar-refractivity contribution in [3.63, 3.8) is 0 Å². The Balaban J connectivity index is 1.33. The van der Waals surface area contributed by atoms with Crippen molar-refractivity contribution >= 4 is 29.0 Å². The lowest BCUT2D eigenvalue weighted by molar-refractivity contribution is -0.384. The first-order valence-corrected chi connectivity index (χ1v) is 11.4. The number of amides is 1. The molecule has 1 saturated heterocycles. The van der Waals surface area contributed by atoms with Gasteiger partial charge in [-0.25, -0.2) is 0 Å². The molecule has 1 aliphatic heterocycles. The van der Waals surface area contributed by atoms with Gasteiger partial charge in [0.2, 0.25) is 11.8 Å². The first-order chi connectivity index (χ1) is 16.5. The third-order valence-electron chi connectivity index (χ3n) is 5.38. The van der Waals surface area contributed by atoms with E-state index in [4.69, 9.17) is 13.9 Å². The topological polar surface area (TPSA) is 124 Å². The zero-order valence-corrected chi connectivity index (χ0v) is 19.5. The monoisotopic (exact) mass is 485 g/mol. The molecule has 0 bridgehead atoms. The van der Waals surface area contributed by atoms with Crippen LogP contribution in [0.15, 0.2) is 52.1 Å². The van der Waals surface area contributed by atoms with E-state index in [2.05, 4.69) is 10.2 Å². The number of carbonyl (C=O) groups is 1. The molecule has 3 aromatic rings. The van der Waals surface area contributed by atoms with Gasteiger partial charge < -0.3 is 23.7 Å². The number of methoxy groups -OCH3 is 2. The third kappa shape index (κ3) is 5.22. The molecule has 11 nitrogen and oxygen atoms in total. The highest BCUT2D eigenvalue weighted by molar-refractivity contribution is 7.99. The summed E-state index contributed by atoms with van der Waals surface area (Å²) in [4.78, 5) is 27.3. The average Bonchev–Trinajstić information content (AvgIpc) is 3.36. The Hall–Kier alpha value is -3.80. The predicted octanol–water partition coefficient (Wildman–Crippen LogP) is 3.10. The number of anilines is 1. The Kier molecular flexibility index (Phi) is 7.16. The van der Waals surface area contributed by atoms with Crippen LogP contribution in [0.5, 0.6) is 11.5 Å². The van der Waals surface area contributed by atoms with Gasteiger partial charge in [0.1, 0.15) is 17.2 Å². The van der Waals surface area contributed by atoms with Gasteiger partial charge in [-0.1, -0.05) is 23.9 Å². The van der Waals surface area contributed by atoms with Gasteiger partial charge in [-0.05, 0) is 18.2 Å². The summed E-state index contributed by atoms with van der Waals surface area (Å²) in [5, 5.41) is 19.7. The number of para-hydroxylation sites is 2. The smallest absolute Gasteiger partial charge is 0.292 e. The van der Waals surface area contributed by atoms with Crippen LogP contribution in [0.4, 0.5) is 11.4 Å². The first kappa shape index (κ1) is 23.4. The first-order valence-electron chi connectivity index (χ1n) is 10.4. The number of nitro benzene ring substituents is 1. The lowest BCUT2D eigenvalue weighted by Gasteiger charge is -2.35. The molecule has 0 atom stereocenters. The van der Waals surface area contributed by atoms with Gasteiger partial charge in [0.25, 0.3) is 10.9 Å². The summed E-state index contributed by atoms with van der Waals surface area (Å²) in [6, 6.07) is 11.9. The van der Waals surface area contributed by atoms with Crippen LogP contribution in [0.2, 0.25) is 0 Å². The second-order valence-corrected chi connectivity index (χ2v) is 8.30. The zero-order valence-electron chi connectivity index (χ0n) is 18.7. The maximum atomic E-state index is 12.7. The van der Waals surface area contributed by atoms with E-state index < -0.39 is 0 Å². The number of aromatic nitrogens is 2. The van der Waals surface area contributed by atoms with Crippen molar-refractivity contribution in [1.82, 2.24) is 15.1 Å². The fourth-order valence-corrected chi connectivity index (χ4v) is 4.28. The highest BCUT2D eigenvalue weighted by atomic mass is 32.2. The van der Waals surface area contributed by atoms with Gasteiger partial charge in [-0.3, -0.25) is 14.9 Å². The molecular weight excluding hydrogens is 462 g/mol. The van der Waals surface area contributed by atoms with Crippen molar-refractivity contribution in [3.05, 3.63) is 52.6 Å². The fraction of sp³-hybridized carbons (Fsp3) is 0.318. The molecule has 1 aromatic heterocycles. The number of ether oxygens (including phenoxy) is 2. The minimum Gasteiger partial charge on any atom is -0.497 e. The molecule has 0 aliphatic carbocycles. The minimum absolute atomic E-state index is 0.0602. The zero-order chi connectivity index (χ0) is 24.1. The van der Waals surface area contributed by atoms with Crippen molar-refractivity contribution in [2.45, 2.75) is 5.22 Å². The van der Waals surface area contributed by atoms with Crippen LogP contribution in [0, 0.1) is 10.1 Å². The van der Waals surface area contributed by atoms with E-state index in [0.717, 1.165) is 11.8 Å². The maximum Gasteiger partial charge on any atom is 0.292 e. The van der Waals surface area contributed by atoms with E-state index in [-0.39, 0.29) is 27.5 Å². The second kappa shape index (κ2) is 10.4. The Bertz CT molecular complexity index is 1160. The fourth-order valence-electron chi connectivity index (χ4n) is 3.61. The van der Waals surface area contributed by atoms with Crippen LogP contribution in [0.3, 0.4) is 0 Å². The Morgan fingerprint density at radius 2 is 1.76 bits per heavy atom. The van der Waals surface area contributed by atoms with Crippen LogP contribution in [0.25, 0.3) is 11.5 Å². The Labute approximate surface area is 199 Å². The van der Waals surface area contributed by atoms with Crippen molar-refractivity contribution in [1.29, 1.82) is 0 Å². The molecule has 1 aliphatic rings. The van der Waals surface area contributed by atoms with Crippen LogP contribution in [0.1, 0.15) is 0 Å². The molecule has 178 valence electrons. The molecule has 0 saturated carbocycles. The van der Waals surface area contributed by atoms with E-state index in [1.807, 2.05) is 4.90 Å². The maximum absolute atomic E-state index is 12.7. The highest BCUT2D eigenvalue weighted by Gasteiger charge is 2.26. The SMILES string of the molecule is COc1cc(OC)cc(-c2nnc(SCC(=O)N3CCN(c4ccccc4[N+](=O)[O-])CC3)o2)c1. The summed E-state index contributed by atoms with van der Waals surface area (Å²) in [5.74, 6) is 1.57. The van der Waals surface area contributed by atoms with Crippen LogP contribution >= 0.6 is 11.8 Å². The van der Waals surface area contributed by atoms with E-state index in [1.165, 1.54) is 6.07 Å². The van der Waals surface area contributed by atoms with Gasteiger partial charge >= 0.3 is 0 Å². The minimum atomic E-state index is -0.385. The van der Waals surface area contributed by atoms with Gasteiger partial charge in [0.15, 0.2) is 0 Å². The molecule has 0 radical (unpaired) electrons. The summed E-state index contributed by atoms with van der Waals surface area (Å²) in [6.45, 7) is 1.99. The summed E-state index contributed by atoms with van der Waals surface area (Å²) >= 11 is 1.16. The van der Waals surface area contributed by atoms with E-state index >= 15 is 0 Å². The molecular formula is C22H23N5O6S. The highest BCUT2D eigenvalue weighted by Crippen LogP contribution is 2.31. The average molecular weight is 486 g/mol. The molecule has 0 unspecified atom stereocenters. The quantitative estimate of drug-likeness (QED) is 0.267. The Morgan fingerprint density at radius 3 is 2.41 bits per heavy atom. The van der Waals surface area contributed by atoms with Crippen LogP contribution in [-0.2, 0) is 4.79 Å². The van der Waals surface area contributed by atoms with Gasteiger partial charge in [-0.15, -0.1) is 10.2 Å². The molecule has 0 N–H and O–H groups in total. The largest absolute Gasteiger partial charge is 0.497 e.